The zero-order valence-electron chi connectivity index (χ0n) is 10.8. The minimum Gasteiger partial charge on any atom is -0.324 e. The standard InChI is InChI=1S/C15H14N4S/c16-13(12-7-17-10-18-8-12)6-15-19-14(9-20-15)11-4-2-1-3-5-11/h1-5,7-10,13H,6,16H2. The highest BCUT2D eigenvalue weighted by Gasteiger charge is 2.11. The Morgan fingerprint density at radius 2 is 1.85 bits per heavy atom. The first kappa shape index (κ1) is 12.9. The second-order valence-electron chi connectivity index (χ2n) is 4.47. The lowest BCUT2D eigenvalue weighted by atomic mass is 10.1. The molecule has 100 valence electrons. The summed E-state index contributed by atoms with van der Waals surface area (Å²) in [6.07, 6.45) is 5.71. The lowest BCUT2D eigenvalue weighted by Crippen LogP contribution is -2.13. The predicted octanol–water partition coefficient (Wildman–Crippen LogP) is 2.84. The molecule has 0 amide bonds. The van der Waals surface area contributed by atoms with E-state index in [0.29, 0.717) is 6.42 Å². The van der Waals surface area contributed by atoms with E-state index in [2.05, 4.69) is 32.5 Å². The van der Waals surface area contributed by atoms with Crippen molar-refractivity contribution in [2.75, 3.05) is 0 Å². The third kappa shape index (κ3) is 2.89. The van der Waals surface area contributed by atoms with Gasteiger partial charge in [0.25, 0.3) is 0 Å². The Balaban J connectivity index is 1.75. The van der Waals surface area contributed by atoms with Crippen LogP contribution in [0.15, 0.2) is 54.4 Å². The molecule has 0 radical (unpaired) electrons. The van der Waals surface area contributed by atoms with Gasteiger partial charge in [0.2, 0.25) is 0 Å². The SMILES string of the molecule is NC(Cc1nc(-c2ccccc2)cs1)c1cncnc1. The van der Waals surface area contributed by atoms with Crippen molar-refractivity contribution in [3.8, 4) is 11.3 Å². The molecule has 0 spiro atoms. The molecule has 3 rings (SSSR count). The fraction of sp³-hybridized carbons (Fsp3) is 0.133. The van der Waals surface area contributed by atoms with Crippen molar-refractivity contribution >= 4 is 11.3 Å². The second kappa shape index (κ2) is 5.90. The lowest BCUT2D eigenvalue weighted by molar-refractivity contribution is 0.709. The summed E-state index contributed by atoms with van der Waals surface area (Å²) in [4.78, 5) is 12.6. The Morgan fingerprint density at radius 3 is 2.60 bits per heavy atom. The van der Waals surface area contributed by atoms with Crippen molar-refractivity contribution in [3.63, 3.8) is 0 Å². The fourth-order valence-corrected chi connectivity index (χ4v) is 2.82. The number of nitrogens with zero attached hydrogens (tertiary/aromatic N) is 3. The fourth-order valence-electron chi connectivity index (χ4n) is 1.95. The van der Waals surface area contributed by atoms with Crippen LogP contribution in [-0.4, -0.2) is 15.0 Å². The molecule has 0 bridgehead atoms. The summed E-state index contributed by atoms with van der Waals surface area (Å²) >= 11 is 1.64. The average molecular weight is 282 g/mol. The molecule has 2 aromatic heterocycles. The average Bonchev–Trinajstić information content (AvgIpc) is 2.97. The molecule has 0 saturated heterocycles. The largest absolute Gasteiger partial charge is 0.324 e. The molecule has 5 heteroatoms. The third-order valence-electron chi connectivity index (χ3n) is 3.02. The smallest absolute Gasteiger partial charge is 0.115 e. The van der Waals surface area contributed by atoms with E-state index in [1.165, 1.54) is 6.33 Å². The van der Waals surface area contributed by atoms with Gasteiger partial charge in [-0.15, -0.1) is 11.3 Å². The number of benzene rings is 1. The summed E-state index contributed by atoms with van der Waals surface area (Å²) in [5.41, 5.74) is 9.23. The molecular formula is C15H14N4S. The normalized spacial score (nSPS) is 12.2. The summed E-state index contributed by atoms with van der Waals surface area (Å²) < 4.78 is 0. The van der Waals surface area contributed by atoms with Crippen LogP contribution in [0.5, 0.6) is 0 Å². The maximum atomic E-state index is 6.16. The molecule has 0 fully saturated rings. The second-order valence-corrected chi connectivity index (χ2v) is 5.42. The zero-order chi connectivity index (χ0) is 13.8. The molecule has 0 aliphatic heterocycles. The maximum Gasteiger partial charge on any atom is 0.115 e. The maximum absolute atomic E-state index is 6.16. The number of hydrogen-bond donors (Lipinski definition) is 1. The number of rotatable bonds is 4. The highest BCUT2D eigenvalue weighted by molar-refractivity contribution is 7.09. The summed E-state index contributed by atoms with van der Waals surface area (Å²) in [5, 5.41) is 3.10. The lowest BCUT2D eigenvalue weighted by Gasteiger charge is -2.08. The van der Waals surface area contributed by atoms with E-state index < -0.39 is 0 Å². The highest BCUT2D eigenvalue weighted by atomic mass is 32.1. The van der Waals surface area contributed by atoms with Gasteiger partial charge in [-0.2, -0.15) is 0 Å². The van der Waals surface area contributed by atoms with Gasteiger partial charge in [-0.1, -0.05) is 30.3 Å². The van der Waals surface area contributed by atoms with Crippen LogP contribution >= 0.6 is 11.3 Å². The third-order valence-corrected chi connectivity index (χ3v) is 3.90. The van der Waals surface area contributed by atoms with Crippen molar-refractivity contribution in [2.24, 2.45) is 5.73 Å². The molecule has 0 aliphatic carbocycles. The van der Waals surface area contributed by atoms with E-state index in [4.69, 9.17) is 5.73 Å². The Morgan fingerprint density at radius 1 is 1.10 bits per heavy atom. The van der Waals surface area contributed by atoms with Gasteiger partial charge in [0, 0.05) is 41.4 Å². The van der Waals surface area contributed by atoms with E-state index in [9.17, 15) is 0 Å². The first-order valence-electron chi connectivity index (χ1n) is 6.33. The van der Waals surface area contributed by atoms with Gasteiger partial charge in [-0.3, -0.25) is 0 Å². The monoisotopic (exact) mass is 282 g/mol. The molecule has 4 nitrogen and oxygen atoms in total. The predicted molar refractivity (Wildman–Crippen MR) is 80.2 cm³/mol. The Labute approximate surface area is 121 Å². The van der Waals surface area contributed by atoms with E-state index in [0.717, 1.165) is 21.8 Å². The van der Waals surface area contributed by atoms with E-state index in [1.807, 2.05) is 18.2 Å². The van der Waals surface area contributed by atoms with Gasteiger partial charge in [0.1, 0.15) is 6.33 Å². The zero-order valence-corrected chi connectivity index (χ0v) is 11.6. The van der Waals surface area contributed by atoms with Crippen LogP contribution in [-0.2, 0) is 6.42 Å². The number of hydrogen-bond acceptors (Lipinski definition) is 5. The Hall–Kier alpha value is -2.11. The van der Waals surface area contributed by atoms with Crippen LogP contribution in [0.1, 0.15) is 16.6 Å². The van der Waals surface area contributed by atoms with Gasteiger partial charge in [-0.25, -0.2) is 15.0 Å². The van der Waals surface area contributed by atoms with Crippen molar-refractivity contribution in [3.05, 3.63) is 65.0 Å². The molecule has 1 atom stereocenters. The van der Waals surface area contributed by atoms with Crippen LogP contribution in [0.4, 0.5) is 0 Å². The van der Waals surface area contributed by atoms with Gasteiger partial charge in [-0.05, 0) is 0 Å². The summed E-state index contributed by atoms with van der Waals surface area (Å²) in [6.45, 7) is 0. The van der Waals surface area contributed by atoms with Crippen molar-refractivity contribution < 1.29 is 0 Å². The van der Waals surface area contributed by atoms with Crippen LogP contribution in [0.25, 0.3) is 11.3 Å². The molecule has 1 unspecified atom stereocenters. The molecular weight excluding hydrogens is 268 g/mol. The Bertz CT molecular complexity index is 667. The van der Waals surface area contributed by atoms with Crippen LogP contribution in [0.2, 0.25) is 0 Å². The first-order chi connectivity index (χ1) is 9.83. The molecule has 0 saturated carbocycles. The summed E-state index contributed by atoms with van der Waals surface area (Å²) in [5.74, 6) is 0. The minimum absolute atomic E-state index is 0.119. The molecule has 2 heterocycles. The van der Waals surface area contributed by atoms with E-state index in [1.54, 1.807) is 23.7 Å². The van der Waals surface area contributed by atoms with Gasteiger partial charge < -0.3 is 5.73 Å². The molecule has 3 aromatic rings. The van der Waals surface area contributed by atoms with Crippen LogP contribution in [0.3, 0.4) is 0 Å². The highest BCUT2D eigenvalue weighted by Crippen LogP contribution is 2.24. The number of nitrogens with two attached hydrogens (primary N) is 1. The number of thiazole rings is 1. The van der Waals surface area contributed by atoms with Gasteiger partial charge >= 0.3 is 0 Å². The van der Waals surface area contributed by atoms with Crippen molar-refractivity contribution in [1.29, 1.82) is 0 Å². The topological polar surface area (TPSA) is 64.7 Å². The van der Waals surface area contributed by atoms with E-state index >= 15 is 0 Å². The first-order valence-corrected chi connectivity index (χ1v) is 7.21. The quantitative estimate of drug-likeness (QED) is 0.799. The Kier molecular flexibility index (Phi) is 3.80. The molecule has 1 aromatic carbocycles. The van der Waals surface area contributed by atoms with Crippen molar-refractivity contribution in [2.45, 2.75) is 12.5 Å². The summed E-state index contributed by atoms with van der Waals surface area (Å²) in [6, 6.07) is 10.0. The number of aromatic nitrogens is 3. The summed E-state index contributed by atoms with van der Waals surface area (Å²) in [7, 11) is 0. The minimum atomic E-state index is -0.119. The van der Waals surface area contributed by atoms with Gasteiger partial charge in [0.15, 0.2) is 0 Å². The van der Waals surface area contributed by atoms with E-state index in [-0.39, 0.29) is 6.04 Å². The van der Waals surface area contributed by atoms with Crippen LogP contribution < -0.4 is 5.73 Å². The van der Waals surface area contributed by atoms with Crippen LogP contribution in [0, 0.1) is 0 Å². The van der Waals surface area contributed by atoms with Gasteiger partial charge in [0.05, 0.1) is 10.7 Å². The molecule has 20 heavy (non-hydrogen) atoms. The molecule has 0 aliphatic rings. The molecule has 2 N–H and O–H groups in total. The van der Waals surface area contributed by atoms with Crippen molar-refractivity contribution in [1.82, 2.24) is 15.0 Å².